The summed E-state index contributed by atoms with van der Waals surface area (Å²) in [5.74, 6) is -0.796. The van der Waals surface area contributed by atoms with Gasteiger partial charge in [0, 0.05) is 6.54 Å². The summed E-state index contributed by atoms with van der Waals surface area (Å²) in [6.07, 6.45) is 8.72. The van der Waals surface area contributed by atoms with E-state index in [4.69, 9.17) is 9.84 Å². The van der Waals surface area contributed by atoms with Crippen LogP contribution in [0.15, 0.2) is 0 Å². The second kappa shape index (κ2) is 5.36. The number of hydrogen-bond acceptors (Lipinski definition) is 3. The fraction of sp³-hybridized carbons (Fsp3) is 0.923. The van der Waals surface area contributed by atoms with Gasteiger partial charge in [-0.15, -0.1) is 0 Å². The number of hydrogen-bond donors (Lipinski definition) is 2. The zero-order valence-electron chi connectivity index (χ0n) is 10.6. The van der Waals surface area contributed by atoms with Crippen LogP contribution in [-0.4, -0.2) is 35.4 Å². The lowest BCUT2D eigenvalue weighted by atomic mass is 9.83. The second-order valence-electron chi connectivity index (χ2n) is 5.49. The SMILES string of the molecule is C[C@@H](NCC1CCC2(CCCCC2)O1)C(=O)O. The van der Waals surface area contributed by atoms with Crippen molar-refractivity contribution in [2.24, 2.45) is 0 Å². The highest BCUT2D eigenvalue weighted by atomic mass is 16.5. The van der Waals surface area contributed by atoms with Gasteiger partial charge in [0.15, 0.2) is 0 Å². The molecule has 4 nitrogen and oxygen atoms in total. The van der Waals surface area contributed by atoms with Gasteiger partial charge in [-0.05, 0) is 32.6 Å². The number of aliphatic carboxylic acids is 1. The number of rotatable bonds is 4. The Kier molecular flexibility index (Phi) is 4.05. The zero-order chi connectivity index (χ0) is 12.3. The number of carboxylic acid groups (broad SMARTS) is 1. The Labute approximate surface area is 103 Å². The zero-order valence-corrected chi connectivity index (χ0v) is 10.6. The molecule has 17 heavy (non-hydrogen) atoms. The van der Waals surface area contributed by atoms with E-state index in [1.165, 1.54) is 32.1 Å². The van der Waals surface area contributed by atoms with E-state index in [9.17, 15) is 4.79 Å². The molecule has 0 aromatic heterocycles. The number of carboxylic acids is 1. The van der Waals surface area contributed by atoms with Crippen molar-refractivity contribution in [3.63, 3.8) is 0 Å². The Morgan fingerprint density at radius 1 is 1.41 bits per heavy atom. The first-order valence-corrected chi connectivity index (χ1v) is 6.75. The van der Waals surface area contributed by atoms with Crippen LogP contribution in [0.1, 0.15) is 51.9 Å². The van der Waals surface area contributed by atoms with Crippen LogP contribution in [0.2, 0.25) is 0 Å². The Balaban J connectivity index is 1.76. The van der Waals surface area contributed by atoms with Crippen molar-refractivity contribution in [3.8, 4) is 0 Å². The lowest BCUT2D eigenvalue weighted by molar-refractivity contribution is -0.139. The predicted octanol–water partition coefficient (Wildman–Crippen LogP) is 1.93. The minimum absolute atomic E-state index is 0.136. The van der Waals surface area contributed by atoms with Gasteiger partial charge in [0.05, 0.1) is 11.7 Å². The van der Waals surface area contributed by atoms with Gasteiger partial charge in [-0.25, -0.2) is 0 Å². The molecule has 2 fully saturated rings. The molecular formula is C13H23NO3. The highest BCUT2D eigenvalue weighted by Gasteiger charge is 2.40. The molecule has 0 bridgehead atoms. The summed E-state index contributed by atoms with van der Waals surface area (Å²) < 4.78 is 6.16. The molecule has 0 radical (unpaired) electrons. The van der Waals surface area contributed by atoms with Crippen LogP contribution < -0.4 is 5.32 Å². The van der Waals surface area contributed by atoms with Gasteiger partial charge in [0.1, 0.15) is 6.04 Å². The van der Waals surface area contributed by atoms with Gasteiger partial charge in [0.2, 0.25) is 0 Å². The Morgan fingerprint density at radius 3 is 2.76 bits per heavy atom. The van der Waals surface area contributed by atoms with E-state index < -0.39 is 12.0 Å². The maximum absolute atomic E-state index is 10.7. The van der Waals surface area contributed by atoms with Gasteiger partial charge in [-0.1, -0.05) is 19.3 Å². The molecule has 1 spiro atoms. The molecule has 2 N–H and O–H groups in total. The highest BCUT2D eigenvalue weighted by Crippen LogP contribution is 2.41. The molecule has 1 aliphatic heterocycles. The summed E-state index contributed by atoms with van der Waals surface area (Å²) in [4.78, 5) is 10.7. The lowest BCUT2D eigenvalue weighted by Crippen LogP contribution is -2.40. The number of nitrogens with one attached hydrogen (secondary N) is 1. The Morgan fingerprint density at radius 2 is 2.12 bits per heavy atom. The summed E-state index contributed by atoms with van der Waals surface area (Å²) in [6.45, 7) is 2.34. The quantitative estimate of drug-likeness (QED) is 0.789. The highest BCUT2D eigenvalue weighted by molar-refractivity contribution is 5.72. The molecule has 0 aromatic carbocycles. The third kappa shape index (κ3) is 3.19. The summed E-state index contributed by atoms with van der Waals surface area (Å²) in [7, 11) is 0. The normalized spacial score (nSPS) is 29.4. The molecule has 0 aromatic rings. The monoisotopic (exact) mass is 241 g/mol. The molecule has 4 heteroatoms. The molecule has 1 saturated carbocycles. The average Bonchev–Trinajstić information content (AvgIpc) is 2.70. The molecular weight excluding hydrogens is 218 g/mol. The topological polar surface area (TPSA) is 58.6 Å². The molecule has 1 aliphatic carbocycles. The van der Waals surface area contributed by atoms with E-state index in [-0.39, 0.29) is 11.7 Å². The largest absolute Gasteiger partial charge is 0.480 e. The van der Waals surface area contributed by atoms with Gasteiger partial charge in [0.25, 0.3) is 0 Å². The van der Waals surface area contributed by atoms with Gasteiger partial charge in [-0.2, -0.15) is 0 Å². The molecule has 2 atom stereocenters. The van der Waals surface area contributed by atoms with Crippen molar-refractivity contribution >= 4 is 5.97 Å². The molecule has 1 heterocycles. The van der Waals surface area contributed by atoms with E-state index >= 15 is 0 Å². The third-order valence-electron chi connectivity index (χ3n) is 4.13. The maximum Gasteiger partial charge on any atom is 0.320 e. The predicted molar refractivity (Wildman–Crippen MR) is 65.0 cm³/mol. The van der Waals surface area contributed by atoms with E-state index in [2.05, 4.69) is 5.32 Å². The fourth-order valence-electron chi connectivity index (χ4n) is 3.00. The lowest BCUT2D eigenvalue weighted by Gasteiger charge is -2.33. The number of ether oxygens (including phenoxy) is 1. The van der Waals surface area contributed by atoms with Crippen LogP contribution in [0, 0.1) is 0 Å². The van der Waals surface area contributed by atoms with Crippen molar-refractivity contribution in [2.45, 2.75) is 69.6 Å². The first-order chi connectivity index (χ1) is 8.11. The standard InChI is InChI=1S/C13H23NO3/c1-10(12(15)16)14-9-11-5-8-13(17-11)6-3-2-4-7-13/h10-11,14H,2-9H2,1H3,(H,15,16)/t10-,11?/m1/s1. The molecule has 1 unspecified atom stereocenters. The second-order valence-corrected chi connectivity index (χ2v) is 5.49. The van der Waals surface area contributed by atoms with Gasteiger partial charge < -0.3 is 15.2 Å². The van der Waals surface area contributed by atoms with Gasteiger partial charge in [-0.3, -0.25) is 4.79 Å². The van der Waals surface area contributed by atoms with Crippen molar-refractivity contribution in [3.05, 3.63) is 0 Å². The van der Waals surface area contributed by atoms with Crippen molar-refractivity contribution in [2.75, 3.05) is 6.54 Å². The third-order valence-corrected chi connectivity index (χ3v) is 4.13. The molecule has 2 rings (SSSR count). The first kappa shape index (κ1) is 12.8. The molecule has 2 aliphatic rings. The van der Waals surface area contributed by atoms with E-state index in [0.29, 0.717) is 6.54 Å². The van der Waals surface area contributed by atoms with Crippen molar-refractivity contribution in [1.82, 2.24) is 5.32 Å². The van der Waals surface area contributed by atoms with Crippen LogP contribution in [0.4, 0.5) is 0 Å². The number of carbonyl (C=O) groups is 1. The fourth-order valence-corrected chi connectivity index (χ4v) is 3.00. The van der Waals surface area contributed by atoms with E-state index in [1.807, 2.05) is 0 Å². The molecule has 0 amide bonds. The maximum atomic E-state index is 10.7. The average molecular weight is 241 g/mol. The Hall–Kier alpha value is -0.610. The summed E-state index contributed by atoms with van der Waals surface area (Å²) >= 11 is 0. The Bertz CT molecular complexity index is 274. The minimum Gasteiger partial charge on any atom is -0.480 e. The van der Waals surface area contributed by atoms with Crippen LogP contribution in [-0.2, 0) is 9.53 Å². The molecule has 1 saturated heterocycles. The van der Waals surface area contributed by atoms with Crippen LogP contribution >= 0.6 is 0 Å². The van der Waals surface area contributed by atoms with Crippen molar-refractivity contribution in [1.29, 1.82) is 0 Å². The van der Waals surface area contributed by atoms with Crippen LogP contribution in [0.25, 0.3) is 0 Å². The van der Waals surface area contributed by atoms with Gasteiger partial charge >= 0.3 is 5.97 Å². The molecule has 98 valence electrons. The summed E-state index contributed by atoms with van der Waals surface area (Å²) in [5, 5.41) is 11.8. The van der Waals surface area contributed by atoms with E-state index in [1.54, 1.807) is 6.92 Å². The minimum atomic E-state index is -0.796. The van der Waals surface area contributed by atoms with E-state index in [0.717, 1.165) is 12.8 Å². The van der Waals surface area contributed by atoms with Crippen LogP contribution in [0.3, 0.4) is 0 Å². The summed E-state index contributed by atoms with van der Waals surface area (Å²) in [6, 6.07) is -0.485. The van der Waals surface area contributed by atoms with Crippen LogP contribution in [0.5, 0.6) is 0 Å². The first-order valence-electron chi connectivity index (χ1n) is 6.75. The smallest absolute Gasteiger partial charge is 0.320 e. The van der Waals surface area contributed by atoms with Crippen molar-refractivity contribution < 1.29 is 14.6 Å². The summed E-state index contributed by atoms with van der Waals surface area (Å²) in [5.41, 5.74) is 0.136.